The van der Waals surface area contributed by atoms with Crippen LogP contribution >= 0.6 is 31.9 Å². The van der Waals surface area contributed by atoms with Crippen molar-refractivity contribution in [1.29, 1.82) is 0 Å². The van der Waals surface area contributed by atoms with E-state index < -0.39 is 0 Å². The van der Waals surface area contributed by atoms with Crippen LogP contribution in [0, 0.1) is 0 Å². The summed E-state index contributed by atoms with van der Waals surface area (Å²) in [6.07, 6.45) is 5.42. The Morgan fingerprint density at radius 2 is 2.06 bits per heavy atom. The third-order valence-corrected chi connectivity index (χ3v) is 3.60. The zero-order valence-corrected chi connectivity index (χ0v) is 12.7. The molecule has 0 aromatic carbocycles. The molecule has 0 saturated carbocycles. The number of nitrogens with zero attached hydrogens (tertiary/aromatic N) is 3. The summed E-state index contributed by atoms with van der Waals surface area (Å²) in [5.74, 6) is 0. The molecule has 2 aromatic heterocycles. The standard InChI is InChI=1S/C11H12Br2N4/c1-14-10(7-3-8(12)5-15-4-7)11-9(13)6-16-17(11)2/h3-6,10,14H,1-2H3. The van der Waals surface area contributed by atoms with Gasteiger partial charge in [0.2, 0.25) is 0 Å². The molecule has 6 heteroatoms. The van der Waals surface area contributed by atoms with Gasteiger partial charge in [-0.3, -0.25) is 9.67 Å². The van der Waals surface area contributed by atoms with E-state index in [1.807, 2.05) is 31.0 Å². The lowest BCUT2D eigenvalue weighted by atomic mass is 10.1. The number of pyridine rings is 1. The van der Waals surface area contributed by atoms with E-state index in [0.29, 0.717) is 0 Å². The number of nitrogens with one attached hydrogen (secondary N) is 1. The molecular weight excluding hydrogens is 348 g/mol. The molecule has 90 valence electrons. The Morgan fingerprint density at radius 3 is 2.59 bits per heavy atom. The van der Waals surface area contributed by atoms with E-state index >= 15 is 0 Å². The lowest BCUT2D eigenvalue weighted by molar-refractivity contribution is 0.602. The Balaban J connectivity index is 2.47. The number of halogens is 2. The van der Waals surface area contributed by atoms with Gasteiger partial charge in [0.1, 0.15) is 0 Å². The van der Waals surface area contributed by atoms with Gasteiger partial charge in [0.15, 0.2) is 0 Å². The SMILES string of the molecule is CNC(c1cncc(Br)c1)c1c(Br)cnn1C. The third kappa shape index (κ3) is 2.59. The van der Waals surface area contributed by atoms with Crippen molar-refractivity contribution in [3.05, 3.63) is 44.9 Å². The van der Waals surface area contributed by atoms with Crippen LogP contribution < -0.4 is 5.32 Å². The predicted octanol–water partition coefficient (Wildman–Crippen LogP) is 2.65. The monoisotopic (exact) mass is 358 g/mol. The van der Waals surface area contributed by atoms with Crippen molar-refractivity contribution in [2.75, 3.05) is 7.05 Å². The van der Waals surface area contributed by atoms with Crippen molar-refractivity contribution in [3.8, 4) is 0 Å². The molecule has 0 bridgehead atoms. The van der Waals surface area contributed by atoms with Crippen LogP contribution in [0.2, 0.25) is 0 Å². The molecule has 2 aromatic rings. The van der Waals surface area contributed by atoms with Gasteiger partial charge in [0, 0.05) is 23.9 Å². The molecule has 17 heavy (non-hydrogen) atoms. The minimum Gasteiger partial charge on any atom is -0.308 e. The molecule has 0 amide bonds. The quantitative estimate of drug-likeness (QED) is 0.916. The number of hydrogen-bond donors (Lipinski definition) is 1. The van der Waals surface area contributed by atoms with Crippen LogP contribution in [0.25, 0.3) is 0 Å². The molecule has 1 N–H and O–H groups in total. The number of aryl methyl sites for hydroxylation is 1. The summed E-state index contributed by atoms with van der Waals surface area (Å²) in [5, 5.41) is 7.51. The van der Waals surface area contributed by atoms with Crippen molar-refractivity contribution < 1.29 is 0 Å². The van der Waals surface area contributed by atoms with E-state index in [2.05, 4.69) is 47.3 Å². The molecule has 0 aliphatic carbocycles. The van der Waals surface area contributed by atoms with Gasteiger partial charge >= 0.3 is 0 Å². The van der Waals surface area contributed by atoms with Crippen LogP contribution in [-0.2, 0) is 7.05 Å². The van der Waals surface area contributed by atoms with Crippen molar-refractivity contribution in [3.63, 3.8) is 0 Å². The summed E-state index contributed by atoms with van der Waals surface area (Å²) in [6.45, 7) is 0. The first-order valence-corrected chi connectivity index (χ1v) is 6.67. The number of rotatable bonds is 3. The Bertz CT molecular complexity index is 504. The first-order valence-electron chi connectivity index (χ1n) is 5.08. The van der Waals surface area contributed by atoms with Gasteiger partial charge in [-0.15, -0.1) is 0 Å². The highest BCUT2D eigenvalue weighted by atomic mass is 79.9. The first kappa shape index (κ1) is 12.7. The molecule has 2 heterocycles. The van der Waals surface area contributed by atoms with E-state index in [0.717, 1.165) is 20.2 Å². The molecule has 0 saturated heterocycles. The summed E-state index contributed by atoms with van der Waals surface area (Å²) >= 11 is 6.95. The maximum absolute atomic E-state index is 4.23. The van der Waals surface area contributed by atoms with Gasteiger partial charge in [0.25, 0.3) is 0 Å². The fraction of sp³-hybridized carbons (Fsp3) is 0.273. The second-order valence-corrected chi connectivity index (χ2v) is 5.43. The maximum atomic E-state index is 4.23. The molecule has 0 aliphatic heterocycles. The van der Waals surface area contributed by atoms with Gasteiger partial charge in [-0.05, 0) is 50.5 Å². The zero-order valence-electron chi connectivity index (χ0n) is 9.48. The van der Waals surface area contributed by atoms with Crippen LogP contribution in [0.1, 0.15) is 17.3 Å². The molecule has 2 rings (SSSR count). The molecule has 4 nitrogen and oxygen atoms in total. The largest absolute Gasteiger partial charge is 0.308 e. The number of aromatic nitrogens is 3. The van der Waals surface area contributed by atoms with E-state index in [9.17, 15) is 0 Å². The smallest absolute Gasteiger partial charge is 0.0772 e. The molecule has 1 unspecified atom stereocenters. The highest BCUT2D eigenvalue weighted by Gasteiger charge is 2.19. The summed E-state index contributed by atoms with van der Waals surface area (Å²) in [4.78, 5) is 4.19. The van der Waals surface area contributed by atoms with Crippen molar-refractivity contribution in [2.24, 2.45) is 7.05 Å². The minimum absolute atomic E-state index is 0.0573. The van der Waals surface area contributed by atoms with Crippen LogP contribution in [0.5, 0.6) is 0 Å². The average molecular weight is 360 g/mol. The third-order valence-electron chi connectivity index (χ3n) is 2.56. The van der Waals surface area contributed by atoms with E-state index in [-0.39, 0.29) is 6.04 Å². The number of hydrogen-bond acceptors (Lipinski definition) is 3. The van der Waals surface area contributed by atoms with E-state index in [1.54, 1.807) is 12.4 Å². The van der Waals surface area contributed by atoms with Gasteiger partial charge in [-0.2, -0.15) is 5.10 Å². The first-order chi connectivity index (χ1) is 8.13. The highest BCUT2D eigenvalue weighted by molar-refractivity contribution is 9.10. The Morgan fingerprint density at radius 1 is 1.29 bits per heavy atom. The lowest BCUT2D eigenvalue weighted by Crippen LogP contribution is -2.21. The Labute approximate surface area is 117 Å². The summed E-state index contributed by atoms with van der Waals surface area (Å²) < 4.78 is 3.81. The molecule has 0 fully saturated rings. The van der Waals surface area contributed by atoms with Gasteiger partial charge in [-0.25, -0.2) is 0 Å². The van der Waals surface area contributed by atoms with Gasteiger partial charge < -0.3 is 5.32 Å². The fourth-order valence-electron chi connectivity index (χ4n) is 1.79. The average Bonchev–Trinajstić information content (AvgIpc) is 2.62. The van der Waals surface area contributed by atoms with Crippen LogP contribution in [0.15, 0.2) is 33.6 Å². The van der Waals surface area contributed by atoms with E-state index in [1.165, 1.54) is 0 Å². The second-order valence-electron chi connectivity index (χ2n) is 3.66. The molecule has 0 aliphatic rings. The maximum Gasteiger partial charge on any atom is 0.0772 e. The topological polar surface area (TPSA) is 42.7 Å². The highest BCUT2D eigenvalue weighted by Crippen LogP contribution is 2.28. The molecule has 1 atom stereocenters. The summed E-state index contributed by atoms with van der Waals surface area (Å²) in [7, 11) is 3.85. The van der Waals surface area contributed by atoms with Gasteiger partial charge in [-0.1, -0.05) is 0 Å². The fourth-order valence-corrected chi connectivity index (χ4v) is 2.75. The summed E-state index contributed by atoms with van der Waals surface area (Å²) in [5.41, 5.74) is 2.17. The Hall–Kier alpha value is -0.720. The second kappa shape index (κ2) is 5.29. The normalized spacial score (nSPS) is 12.7. The van der Waals surface area contributed by atoms with Crippen molar-refractivity contribution >= 4 is 31.9 Å². The van der Waals surface area contributed by atoms with Crippen LogP contribution in [-0.4, -0.2) is 21.8 Å². The van der Waals surface area contributed by atoms with Crippen molar-refractivity contribution in [2.45, 2.75) is 6.04 Å². The van der Waals surface area contributed by atoms with Crippen LogP contribution in [0.3, 0.4) is 0 Å². The molecule has 0 spiro atoms. The van der Waals surface area contributed by atoms with Crippen molar-refractivity contribution in [1.82, 2.24) is 20.1 Å². The minimum atomic E-state index is 0.0573. The lowest BCUT2D eigenvalue weighted by Gasteiger charge is -2.17. The summed E-state index contributed by atoms with van der Waals surface area (Å²) in [6, 6.07) is 2.11. The Kier molecular flexibility index (Phi) is 3.96. The van der Waals surface area contributed by atoms with Gasteiger partial charge in [0.05, 0.1) is 22.4 Å². The van der Waals surface area contributed by atoms with Crippen LogP contribution in [0.4, 0.5) is 0 Å². The van der Waals surface area contributed by atoms with E-state index in [4.69, 9.17) is 0 Å². The molecule has 0 radical (unpaired) electrons. The zero-order chi connectivity index (χ0) is 12.4. The molecular formula is C11H12Br2N4. The predicted molar refractivity (Wildman–Crippen MR) is 73.7 cm³/mol.